The lowest BCUT2D eigenvalue weighted by molar-refractivity contribution is 0.972. The van der Waals surface area contributed by atoms with Gasteiger partial charge in [0.2, 0.25) is 0 Å². The van der Waals surface area contributed by atoms with E-state index in [4.69, 9.17) is 23.8 Å². The minimum atomic E-state index is 0.727. The maximum Gasteiger partial charge on any atom is 0.180 e. The highest BCUT2D eigenvalue weighted by atomic mass is 35.5. The van der Waals surface area contributed by atoms with E-state index >= 15 is 0 Å². The van der Waals surface area contributed by atoms with Gasteiger partial charge in [0.15, 0.2) is 3.95 Å². The highest BCUT2D eigenvalue weighted by Crippen LogP contribution is 2.25. The number of hydrogen-bond acceptors (Lipinski definition) is 3. The van der Waals surface area contributed by atoms with Crippen molar-refractivity contribution in [2.45, 2.75) is 0 Å². The van der Waals surface area contributed by atoms with E-state index in [1.54, 1.807) is 0 Å². The lowest BCUT2D eigenvalue weighted by Crippen LogP contribution is -2.09. The summed E-state index contributed by atoms with van der Waals surface area (Å²) in [6, 6.07) is 17.7. The molecule has 0 saturated heterocycles. The van der Waals surface area contributed by atoms with Crippen LogP contribution in [-0.2, 0) is 0 Å². The number of anilines is 1. The largest absolute Gasteiger partial charge is 0.292 e. The first-order valence-electron chi connectivity index (χ1n) is 6.02. The zero-order valence-corrected chi connectivity index (χ0v) is 12.8. The summed E-state index contributed by atoms with van der Waals surface area (Å²) < 4.78 is 2.69. The van der Waals surface area contributed by atoms with E-state index in [-0.39, 0.29) is 0 Å². The van der Waals surface area contributed by atoms with Crippen LogP contribution >= 0.6 is 35.2 Å². The first-order chi connectivity index (χ1) is 9.74. The van der Waals surface area contributed by atoms with Crippen molar-refractivity contribution in [3.05, 3.63) is 69.0 Å². The van der Waals surface area contributed by atoms with Gasteiger partial charge >= 0.3 is 0 Å². The number of aromatic nitrogens is 1. The maximum absolute atomic E-state index is 5.93. The first kappa shape index (κ1) is 13.4. The molecule has 0 spiro atoms. The molecule has 0 fully saturated rings. The Kier molecular flexibility index (Phi) is 3.87. The second kappa shape index (κ2) is 5.79. The summed E-state index contributed by atoms with van der Waals surface area (Å²) in [4.78, 5) is 0. The molecule has 0 atom stereocenters. The average Bonchev–Trinajstić information content (AvgIpc) is 2.83. The van der Waals surface area contributed by atoms with Gasteiger partial charge < -0.3 is 0 Å². The summed E-state index contributed by atoms with van der Waals surface area (Å²) in [5, 5.41) is 2.77. The molecule has 3 rings (SSSR count). The lowest BCUT2D eigenvalue weighted by atomic mass is 10.2. The van der Waals surface area contributed by atoms with Crippen LogP contribution in [0.4, 0.5) is 5.69 Å². The summed E-state index contributed by atoms with van der Waals surface area (Å²) >= 11 is 12.9. The molecule has 0 bridgehead atoms. The summed E-state index contributed by atoms with van der Waals surface area (Å²) in [6.45, 7) is 0. The molecule has 0 unspecified atom stereocenters. The SMILES string of the molecule is S=c1scc(-c2ccc(Cl)cc2)n1Nc1ccccc1. The standard InChI is InChI=1S/C15H11ClN2S2/c16-12-8-6-11(7-9-12)14-10-20-15(19)18(14)17-13-4-2-1-3-5-13/h1-10,17H. The molecule has 0 radical (unpaired) electrons. The molecule has 3 aromatic rings. The number of hydrogen-bond donors (Lipinski definition) is 1. The summed E-state index contributed by atoms with van der Waals surface area (Å²) in [5.41, 5.74) is 6.42. The van der Waals surface area contributed by atoms with Gasteiger partial charge in [0, 0.05) is 16.0 Å². The second-order valence-electron chi connectivity index (χ2n) is 4.21. The predicted octanol–water partition coefficient (Wildman–Crippen LogP) is 5.47. The van der Waals surface area contributed by atoms with Crippen molar-refractivity contribution in [1.82, 2.24) is 4.68 Å². The molecule has 1 aromatic heterocycles. The van der Waals surface area contributed by atoms with E-state index in [9.17, 15) is 0 Å². The number of benzene rings is 2. The number of rotatable bonds is 3. The smallest absolute Gasteiger partial charge is 0.180 e. The van der Waals surface area contributed by atoms with Crippen LogP contribution in [0.3, 0.4) is 0 Å². The van der Waals surface area contributed by atoms with Crippen molar-refractivity contribution in [1.29, 1.82) is 0 Å². The van der Waals surface area contributed by atoms with Gasteiger partial charge in [0.25, 0.3) is 0 Å². The highest BCUT2D eigenvalue weighted by Gasteiger charge is 2.07. The van der Waals surface area contributed by atoms with Gasteiger partial charge in [0.1, 0.15) is 0 Å². The number of thiazole rings is 1. The minimum Gasteiger partial charge on any atom is -0.292 e. The average molecular weight is 319 g/mol. The Morgan fingerprint density at radius 2 is 1.70 bits per heavy atom. The molecule has 100 valence electrons. The third-order valence-electron chi connectivity index (χ3n) is 2.85. The zero-order valence-electron chi connectivity index (χ0n) is 10.4. The fourth-order valence-corrected chi connectivity index (χ4v) is 2.99. The molecule has 1 heterocycles. The third-order valence-corrected chi connectivity index (χ3v) is 4.30. The van der Waals surface area contributed by atoms with E-state index in [1.807, 2.05) is 64.7 Å². The van der Waals surface area contributed by atoms with Gasteiger partial charge in [-0.2, -0.15) is 0 Å². The molecule has 5 heteroatoms. The molecule has 2 aromatic carbocycles. The zero-order chi connectivity index (χ0) is 13.9. The van der Waals surface area contributed by atoms with Gasteiger partial charge in [0.05, 0.1) is 11.4 Å². The second-order valence-corrected chi connectivity index (χ2v) is 6.15. The van der Waals surface area contributed by atoms with Gasteiger partial charge in [-0.1, -0.05) is 41.9 Å². The van der Waals surface area contributed by atoms with Gasteiger partial charge in [-0.05, 0) is 36.5 Å². The first-order valence-corrected chi connectivity index (χ1v) is 7.69. The van der Waals surface area contributed by atoms with E-state index in [2.05, 4.69) is 5.43 Å². The third kappa shape index (κ3) is 2.77. The number of nitrogens with zero attached hydrogens (tertiary/aromatic N) is 1. The van der Waals surface area contributed by atoms with Gasteiger partial charge in [-0.25, -0.2) is 4.68 Å². The molecule has 0 amide bonds. The predicted molar refractivity (Wildman–Crippen MR) is 89.1 cm³/mol. The Balaban J connectivity index is 2.01. The topological polar surface area (TPSA) is 17.0 Å². The molecule has 0 aliphatic heterocycles. The Morgan fingerprint density at radius 1 is 1.00 bits per heavy atom. The van der Waals surface area contributed by atoms with Crippen LogP contribution in [0.1, 0.15) is 0 Å². The minimum absolute atomic E-state index is 0.727. The number of para-hydroxylation sites is 1. The van der Waals surface area contributed by atoms with Crippen molar-refractivity contribution in [2.75, 3.05) is 5.43 Å². The molecular weight excluding hydrogens is 308 g/mol. The van der Waals surface area contributed by atoms with Crippen molar-refractivity contribution in [3.63, 3.8) is 0 Å². The van der Waals surface area contributed by atoms with Crippen LogP contribution in [-0.4, -0.2) is 4.68 Å². The molecule has 0 saturated carbocycles. The van der Waals surface area contributed by atoms with Gasteiger partial charge in [-0.15, -0.1) is 11.3 Å². The summed E-state index contributed by atoms with van der Waals surface area (Å²) in [7, 11) is 0. The lowest BCUT2D eigenvalue weighted by Gasteiger charge is -2.11. The molecule has 2 nitrogen and oxygen atoms in total. The monoisotopic (exact) mass is 318 g/mol. The quantitative estimate of drug-likeness (QED) is 0.644. The Bertz CT molecular complexity index is 761. The fraction of sp³-hybridized carbons (Fsp3) is 0. The molecule has 0 aliphatic rings. The molecular formula is C15H11ClN2S2. The summed E-state index contributed by atoms with van der Waals surface area (Å²) in [6.07, 6.45) is 0. The van der Waals surface area contributed by atoms with E-state index in [0.717, 1.165) is 25.9 Å². The molecule has 0 aliphatic carbocycles. The highest BCUT2D eigenvalue weighted by molar-refractivity contribution is 7.73. The number of halogens is 1. The van der Waals surface area contributed by atoms with E-state index < -0.39 is 0 Å². The number of nitrogens with one attached hydrogen (secondary N) is 1. The van der Waals surface area contributed by atoms with Crippen LogP contribution < -0.4 is 5.43 Å². The normalized spacial score (nSPS) is 10.4. The fourth-order valence-electron chi connectivity index (χ4n) is 1.88. The van der Waals surface area contributed by atoms with Crippen molar-refractivity contribution < 1.29 is 0 Å². The van der Waals surface area contributed by atoms with Crippen molar-refractivity contribution in [3.8, 4) is 11.3 Å². The van der Waals surface area contributed by atoms with E-state index in [1.165, 1.54) is 11.3 Å². The van der Waals surface area contributed by atoms with E-state index in [0.29, 0.717) is 0 Å². The van der Waals surface area contributed by atoms with Crippen LogP contribution in [0, 0.1) is 3.95 Å². The van der Waals surface area contributed by atoms with Crippen molar-refractivity contribution in [2.24, 2.45) is 0 Å². The van der Waals surface area contributed by atoms with Crippen LogP contribution in [0.25, 0.3) is 11.3 Å². The van der Waals surface area contributed by atoms with Crippen LogP contribution in [0.5, 0.6) is 0 Å². The summed E-state index contributed by atoms with van der Waals surface area (Å²) in [5.74, 6) is 0. The Hall–Kier alpha value is -1.62. The maximum atomic E-state index is 5.93. The van der Waals surface area contributed by atoms with Gasteiger partial charge in [-0.3, -0.25) is 5.43 Å². The van der Waals surface area contributed by atoms with Crippen LogP contribution in [0.2, 0.25) is 5.02 Å². The van der Waals surface area contributed by atoms with Crippen LogP contribution in [0.15, 0.2) is 60.0 Å². The van der Waals surface area contributed by atoms with Crippen molar-refractivity contribution >= 4 is 40.8 Å². The molecule has 20 heavy (non-hydrogen) atoms. The Labute approximate surface area is 131 Å². The molecule has 1 N–H and O–H groups in total. The Morgan fingerprint density at radius 3 is 2.40 bits per heavy atom.